The van der Waals surface area contributed by atoms with E-state index >= 15 is 0 Å². The van der Waals surface area contributed by atoms with Gasteiger partial charge in [0.05, 0.1) is 12.7 Å². The second-order valence-electron chi connectivity index (χ2n) is 5.40. The number of hydrogen-bond acceptors (Lipinski definition) is 4. The van der Waals surface area contributed by atoms with E-state index in [1.165, 1.54) is 7.11 Å². The molecule has 0 atom stereocenters. The standard InChI is InChI=1S/C16H23NO3/c1-12-4-5-13(10-15(12)16(18)19-3)11-17(2)14-6-8-20-9-7-14/h4-5,10,14H,6-9,11H2,1-3H3. The Bertz CT molecular complexity index is 467. The number of ether oxygens (including phenoxy) is 2. The quantitative estimate of drug-likeness (QED) is 0.792. The van der Waals surface area contributed by atoms with Crippen molar-refractivity contribution in [1.29, 1.82) is 0 Å². The molecule has 1 aliphatic rings. The van der Waals surface area contributed by atoms with Crippen LogP contribution in [0.15, 0.2) is 18.2 Å². The molecule has 0 bridgehead atoms. The second kappa shape index (κ2) is 6.86. The summed E-state index contributed by atoms with van der Waals surface area (Å²) in [6.45, 7) is 4.46. The van der Waals surface area contributed by atoms with Crippen LogP contribution < -0.4 is 0 Å². The zero-order valence-electron chi connectivity index (χ0n) is 12.5. The maximum absolute atomic E-state index is 11.7. The average molecular weight is 277 g/mol. The number of carbonyl (C=O) groups excluding carboxylic acids is 1. The van der Waals surface area contributed by atoms with Gasteiger partial charge in [0, 0.05) is 25.8 Å². The van der Waals surface area contributed by atoms with Gasteiger partial charge in [-0.05, 0) is 44.0 Å². The van der Waals surface area contributed by atoms with Gasteiger partial charge in [0.25, 0.3) is 0 Å². The molecule has 2 rings (SSSR count). The van der Waals surface area contributed by atoms with Crippen LogP contribution in [-0.4, -0.2) is 44.3 Å². The van der Waals surface area contributed by atoms with Gasteiger partial charge in [0.2, 0.25) is 0 Å². The molecular weight excluding hydrogens is 254 g/mol. The number of benzene rings is 1. The van der Waals surface area contributed by atoms with E-state index < -0.39 is 0 Å². The van der Waals surface area contributed by atoms with Crippen LogP contribution in [0, 0.1) is 6.92 Å². The molecule has 1 heterocycles. The van der Waals surface area contributed by atoms with Crippen molar-refractivity contribution >= 4 is 5.97 Å². The summed E-state index contributed by atoms with van der Waals surface area (Å²) in [7, 11) is 3.55. The van der Waals surface area contributed by atoms with Crippen LogP contribution in [-0.2, 0) is 16.0 Å². The number of esters is 1. The van der Waals surface area contributed by atoms with Crippen molar-refractivity contribution in [2.45, 2.75) is 32.4 Å². The molecule has 4 heteroatoms. The fourth-order valence-electron chi connectivity index (χ4n) is 2.64. The van der Waals surface area contributed by atoms with Crippen molar-refractivity contribution in [2.24, 2.45) is 0 Å². The molecule has 0 unspecified atom stereocenters. The summed E-state index contributed by atoms with van der Waals surface area (Å²) in [6.07, 6.45) is 2.15. The minimum absolute atomic E-state index is 0.266. The van der Waals surface area contributed by atoms with Crippen LogP contribution in [0.1, 0.15) is 34.3 Å². The SMILES string of the molecule is COC(=O)c1cc(CN(C)C2CCOCC2)ccc1C. The summed E-state index contributed by atoms with van der Waals surface area (Å²) in [6, 6.07) is 6.57. The van der Waals surface area contributed by atoms with Crippen molar-refractivity contribution in [1.82, 2.24) is 4.90 Å². The zero-order chi connectivity index (χ0) is 14.5. The summed E-state index contributed by atoms with van der Waals surface area (Å²) in [5.74, 6) is -0.266. The number of nitrogens with zero attached hydrogens (tertiary/aromatic N) is 1. The molecule has 1 aliphatic heterocycles. The highest BCUT2D eigenvalue weighted by atomic mass is 16.5. The molecule has 1 aromatic carbocycles. The lowest BCUT2D eigenvalue weighted by atomic mass is 10.0. The van der Waals surface area contributed by atoms with Gasteiger partial charge in [-0.25, -0.2) is 4.79 Å². The van der Waals surface area contributed by atoms with Crippen molar-refractivity contribution in [2.75, 3.05) is 27.4 Å². The maximum atomic E-state index is 11.7. The molecule has 0 radical (unpaired) electrons. The van der Waals surface area contributed by atoms with Crippen LogP contribution in [0.25, 0.3) is 0 Å². The van der Waals surface area contributed by atoms with Gasteiger partial charge in [-0.3, -0.25) is 4.90 Å². The normalized spacial score (nSPS) is 16.4. The predicted molar refractivity (Wildman–Crippen MR) is 77.8 cm³/mol. The lowest BCUT2D eigenvalue weighted by Crippen LogP contribution is -2.36. The fourth-order valence-corrected chi connectivity index (χ4v) is 2.64. The van der Waals surface area contributed by atoms with Gasteiger partial charge in [-0.15, -0.1) is 0 Å². The smallest absolute Gasteiger partial charge is 0.338 e. The van der Waals surface area contributed by atoms with Gasteiger partial charge < -0.3 is 9.47 Å². The Hall–Kier alpha value is -1.39. The first-order chi connectivity index (χ1) is 9.61. The van der Waals surface area contributed by atoms with E-state index in [-0.39, 0.29) is 5.97 Å². The molecule has 20 heavy (non-hydrogen) atoms. The van der Waals surface area contributed by atoms with Gasteiger partial charge in [-0.1, -0.05) is 12.1 Å². The van der Waals surface area contributed by atoms with Crippen molar-refractivity contribution in [3.63, 3.8) is 0 Å². The topological polar surface area (TPSA) is 38.8 Å². The highest BCUT2D eigenvalue weighted by Gasteiger charge is 2.19. The van der Waals surface area contributed by atoms with E-state index in [0.717, 1.165) is 43.7 Å². The molecule has 0 spiro atoms. The molecule has 1 fully saturated rings. The third-order valence-electron chi connectivity index (χ3n) is 3.95. The Balaban J connectivity index is 2.07. The third kappa shape index (κ3) is 3.58. The average Bonchev–Trinajstić information content (AvgIpc) is 2.49. The second-order valence-corrected chi connectivity index (χ2v) is 5.40. The molecule has 0 amide bonds. The Morgan fingerprint density at radius 1 is 1.40 bits per heavy atom. The Kier molecular flexibility index (Phi) is 5.15. The summed E-state index contributed by atoms with van der Waals surface area (Å²) in [5.41, 5.74) is 2.75. The lowest BCUT2D eigenvalue weighted by molar-refractivity contribution is 0.0407. The fraction of sp³-hybridized carbons (Fsp3) is 0.562. The molecule has 1 saturated heterocycles. The zero-order valence-corrected chi connectivity index (χ0v) is 12.5. The van der Waals surface area contributed by atoms with E-state index in [1.807, 2.05) is 19.1 Å². The van der Waals surface area contributed by atoms with E-state index in [4.69, 9.17) is 9.47 Å². The molecule has 110 valence electrons. The number of carbonyl (C=O) groups is 1. The highest BCUT2D eigenvalue weighted by molar-refractivity contribution is 5.91. The van der Waals surface area contributed by atoms with E-state index in [2.05, 4.69) is 18.0 Å². The van der Waals surface area contributed by atoms with E-state index in [1.54, 1.807) is 0 Å². The third-order valence-corrected chi connectivity index (χ3v) is 3.95. The lowest BCUT2D eigenvalue weighted by Gasteiger charge is -2.31. The Morgan fingerprint density at radius 3 is 2.75 bits per heavy atom. The van der Waals surface area contributed by atoms with Crippen molar-refractivity contribution < 1.29 is 14.3 Å². The van der Waals surface area contributed by atoms with Gasteiger partial charge in [-0.2, -0.15) is 0 Å². The predicted octanol–water partition coefficient (Wildman–Crippen LogP) is 2.39. The first-order valence-electron chi connectivity index (χ1n) is 7.07. The number of hydrogen-bond donors (Lipinski definition) is 0. The summed E-state index contributed by atoms with van der Waals surface area (Å²) < 4.78 is 10.2. The molecule has 1 aromatic rings. The van der Waals surface area contributed by atoms with Crippen LogP contribution in [0.4, 0.5) is 0 Å². The molecule has 0 aliphatic carbocycles. The number of methoxy groups -OCH3 is 1. The van der Waals surface area contributed by atoms with Crippen LogP contribution in [0.2, 0.25) is 0 Å². The molecule has 4 nitrogen and oxygen atoms in total. The monoisotopic (exact) mass is 277 g/mol. The number of rotatable bonds is 4. The first kappa shape index (κ1) is 15.0. The summed E-state index contributed by atoms with van der Waals surface area (Å²) in [5, 5.41) is 0. The molecular formula is C16H23NO3. The van der Waals surface area contributed by atoms with Crippen LogP contribution >= 0.6 is 0 Å². The van der Waals surface area contributed by atoms with E-state index in [0.29, 0.717) is 11.6 Å². The van der Waals surface area contributed by atoms with Crippen molar-refractivity contribution in [3.05, 3.63) is 34.9 Å². The Labute approximate surface area is 120 Å². The Morgan fingerprint density at radius 2 is 2.10 bits per heavy atom. The van der Waals surface area contributed by atoms with Crippen LogP contribution in [0.3, 0.4) is 0 Å². The molecule has 0 aromatic heterocycles. The van der Waals surface area contributed by atoms with Gasteiger partial charge in [0.15, 0.2) is 0 Å². The largest absolute Gasteiger partial charge is 0.465 e. The van der Waals surface area contributed by atoms with Gasteiger partial charge >= 0.3 is 5.97 Å². The first-order valence-corrected chi connectivity index (χ1v) is 7.07. The molecule has 0 N–H and O–H groups in total. The summed E-state index contributed by atoms with van der Waals surface area (Å²) in [4.78, 5) is 14.1. The maximum Gasteiger partial charge on any atom is 0.338 e. The number of aryl methyl sites for hydroxylation is 1. The van der Waals surface area contributed by atoms with Gasteiger partial charge in [0.1, 0.15) is 0 Å². The van der Waals surface area contributed by atoms with Crippen molar-refractivity contribution in [3.8, 4) is 0 Å². The van der Waals surface area contributed by atoms with Crippen LogP contribution in [0.5, 0.6) is 0 Å². The summed E-state index contributed by atoms with van der Waals surface area (Å²) >= 11 is 0. The minimum atomic E-state index is -0.266. The highest BCUT2D eigenvalue weighted by Crippen LogP contribution is 2.18. The van der Waals surface area contributed by atoms with E-state index in [9.17, 15) is 4.79 Å². The minimum Gasteiger partial charge on any atom is -0.465 e. The molecule has 0 saturated carbocycles.